The van der Waals surface area contributed by atoms with Gasteiger partial charge in [-0.25, -0.2) is 0 Å². The first-order valence-electron chi connectivity index (χ1n) is 7.36. The van der Waals surface area contributed by atoms with Crippen LogP contribution in [0.2, 0.25) is 0 Å². The van der Waals surface area contributed by atoms with E-state index in [4.69, 9.17) is 0 Å². The largest absolute Gasteiger partial charge is 0.395 e. The molecule has 0 amide bonds. The second-order valence-corrected chi connectivity index (χ2v) is 5.82. The molecule has 17 heavy (non-hydrogen) atoms. The van der Waals surface area contributed by atoms with Crippen LogP contribution in [0, 0.1) is 5.92 Å². The second kappa shape index (κ2) is 6.17. The summed E-state index contributed by atoms with van der Waals surface area (Å²) in [4.78, 5) is 2.59. The van der Waals surface area contributed by atoms with Crippen LogP contribution in [-0.2, 0) is 0 Å². The molecule has 2 N–H and O–H groups in total. The molecule has 0 aromatic heterocycles. The third kappa shape index (κ3) is 3.01. The highest BCUT2D eigenvalue weighted by Crippen LogP contribution is 2.31. The average Bonchev–Trinajstić information content (AvgIpc) is 2.72. The monoisotopic (exact) mass is 240 g/mol. The summed E-state index contributed by atoms with van der Waals surface area (Å²) in [6.07, 6.45) is 6.49. The molecule has 0 bridgehead atoms. The molecule has 100 valence electrons. The summed E-state index contributed by atoms with van der Waals surface area (Å²) in [7, 11) is 0. The zero-order chi connectivity index (χ0) is 12.3. The lowest BCUT2D eigenvalue weighted by Gasteiger charge is -2.38. The van der Waals surface area contributed by atoms with Gasteiger partial charge < -0.3 is 10.4 Å². The van der Waals surface area contributed by atoms with Crippen LogP contribution in [0.4, 0.5) is 0 Å². The van der Waals surface area contributed by atoms with Crippen LogP contribution in [0.5, 0.6) is 0 Å². The predicted octanol–water partition coefficient (Wildman–Crippen LogP) is 1.61. The minimum Gasteiger partial charge on any atom is -0.395 e. The molecule has 2 aliphatic rings. The van der Waals surface area contributed by atoms with Crippen molar-refractivity contribution in [3.63, 3.8) is 0 Å². The highest BCUT2D eigenvalue weighted by molar-refractivity contribution is 4.91. The molecule has 1 saturated heterocycles. The molecule has 1 saturated carbocycles. The van der Waals surface area contributed by atoms with Crippen molar-refractivity contribution in [1.82, 2.24) is 10.2 Å². The number of nitrogens with one attached hydrogen (secondary N) is 1. The molecule has 0 radical (unpaired) electrons. The van der Waals surface area contributed by atoms with Gasteiger partial charge in [0.25, 0.3) is 0 Å². The number of hydrogen-bond donors (Lipinski definition) is 2. The van der Waals surface area contributed by atoms with Gasteiger partial charge >= 0.3 is 0 Å². The SMILES string of the molecule is CCNC1CCC(N2CCC(C)C2CO)CC1. The maximum atomic E-state index is 9.52. The third-order valence-corrected chi connectivity index (χ3v) is 4.77. The van der Waals surface area contributed by atoms with Gasteiger partial charge in [-0.1, -0.05) is 13.8 Å². The lowest BCUT2D eigenvalue weighted by molar-refractivity contribution is 0.0792. The van der Waals surface area contributed by atoms with E-state index in [1.807, 2.05) is 0 Å². The van der Waals surface area contributed by atoms with Crippen molar-refractivity contribution in [3.05, 3.63) is 0 Å². The van der Waals surface area contributed by atoms with Crippen LogP contribution in [-0.4, -0.2) is 47.8 Å². The summed E-state index contributed by atoms with van der Waals surface area (Å²) in [5.74, 6) is 0.673. The summed E-state index contributed by atoms with van der Waals surface area (Å²) in [5, 5.41) is 13.1. The molecular weight excluding hydrogens is 212 g/mol. The average molecular weight is 240 g/mol. The standard InChI is InChI=1S/C14H28N2O/c1-3-15-12-4-6-13(7-5-12)16-9-8-11(2)14(16)10-17/h11-15,17H,3-10H2,1-2H3. The normalized spacial score (nSPS) is 39.7. The van der Waals surface area contributed by atoms with E-state index in [0.717, 1.165) is 18.6 Å². The summed E-state index contributed by atoms with van der Waals surface area (Å²) >= 11 is 0. The van der Waals surface area contributed by atoms with Crippen LogP contribution < -0.4 is 5.32 Å². The number of aliphatic hydroxyl groups excluding tert-OH is 1. The Morgan fingerprint density at radius 1 is 1.18 bits per heavy atom. The van der Waals surface area contributed by atoms with Crippen LogP contribution in [0.3, 0.4) is 0 Å². The molecule has 2 unspecified atom stereocenters. The minimum absolute atomic E-state index is 0.342. The second-order valence-electron chi connectivity index (χ2n) is 5.82. The highest BCUT2D eigenvalue weighted by atomic mass is 16.3. The molecular formula is C14H28N2O. The van der Waals surface area contributed by atoms with Gasteiger partial charge in [-0.2, -0.15) is 0 Å². The Hall–Kier alpha value is -0.120. The van der Waals surface area contributed by atoms with E-state index in [2.05, 4.69) is 24.1 Å². The summed E-state index contributed by atoms with van der Waals surface area (Å²) < 4.78 is 0. The summed E-state index contributed by atoms with van der Waals surface area (Å²) in [6, 6.07) is 1.89. The fourth-order valence-electron chi connectivity index (χ4n) is 3.68. The Kier molecular flexibility index (Phi) is 4.83. The van der Waals surface area contributed by atoms with Crippen molar-refractivity contribution in [2.24, 2.45) is 5.92 Å². The lowest BCUT2D eigenvalue weighted by Crippen LogP contribution is -2.46. The van der Waals surface area contributed by atoms with Crippen LogP contribution in [0.25, 0.3) is 0 Å². The van der Waals surface area contributed by atoms with Crippen molar-refractivity contribution < 1.29 is 5.11 Å². The van der Waals surface area contributed by atoms with Crippen molar-refractivity contribution in [3.8, 4) is 0 Å². The number of nitrogens with zero attached hydrogens (tertiary/aromatic N) is 1. The molecule has 1 aliphatic heterocycles. The molecule has 1 heterocycles. The smallest absolute Gasteiger partial charge is 0.0589 e. The predicted molar refractivity (Wildman–Crippen MR) is 71.1 cm³/mol. The van der Waals surface area contributed by atoms with Crippen LogP contribution in [0.1, 0.15) is 46.0 Å². The van der Waals surface area contributed by atoms with E-state index in [1.165, 1.54) is 38.6 Å². The van der Waals surface area contributed by atoms with Gasteiger partial charge in [-0.3, -0.25) is 4.90 Å². The summed E-state index contributed by atoms with van der Waals surface area (Å²) in [6.45, 7) is 7.10. The van der Waals surface area contributed by atoms with Gasteiger partial charge in [-0.05, 0) is 51.1 Å². The zero-order valence-corrected chi connectivity index (χ0v) is 11.4. The van der Waals surface area contributed by atoms with Crippen molar-refractivity contribution >= 4 is 0 Å². The number of likely N-dealkylation sites (tertiary alicyclic amines) is 1. The van der Waals surface area contributed by atoms with Gasteiger partial charge in [0, 0.05) is 18.1 Å². The Morgan fingerprint density at radius 3 is 2.47 bits per heavy atom. The van der Waals surface area contributed by atoms with Crippen molar-refractivity contribution in [1.29, 1.82) is 0 Å². The first kappa shape index (κ1) is 13.3. The molecule has 0 spiro atoms. The molecule has 2 rings (SSSR count). The number of rotatable bonds is 4. The van der Waals surface area contributed by atoms with Gasteiger partial charge in [0.05, 0.1) is 6.61 Å². The Bertz CT molecular complexity index is 226. The molecule has 3 nitrogen and oxygen atoms in total. The molecule has 1 aliphatic carbocycles. The van der Waals surface area contributed by atoms with E-state index in [-0.39, 0.29) is 0 Å². The maximum Gasteiger partial charge on any atom is 0.0589 e. The van der Waals surface area contributed by atoms with E-state index < -0.39 is 0 Å². The van der Waals surface area contributed by atoms with Gasteiger partial charge in [0.2, 0.25) is 0 Å². The van der Waals surface area contributed by atoms with E-state index in [9.17, 15) is 5.11 Å². The molecule has 2 fully saturated rings. The minimum atomic E-state index is 0.342. The summed E-state index contributed by atoms with van der Waals surface area (Å²) in [5.41, 5.74) is 0. The van der Waals surface area contributed by atoms with E-state index in [0.29, 0.717) is 18.6 Å². The van der Waals surface area contributed by atoms with Gasteiger partial charge in [-0.15, -0.1) is 0 Å². The Balaban J connectivity index is 1.84. The topological polar surface area (TPSA) is 35.5 Å². The van der Waals surface area contributed by atoms with Crippen molar-refractivity contribution in [2.45, 2.75) is 64.1 Å². The Labute approximate surface area is 106 Å². The number of aliphatic hydroxyl groups is 1. The molecule has 2 atom stereocenters. The first-order valence-corrected chi connectivity index (χ1v) is 7.36. The maximum absolute atomic E-state index is 9.52. The molecule has 3 heteroatoms. The first-order chi connectivity index (χ1) is 8.26. The van der Waals surface area contributed by atoms with E-state index >= 15 is 0 Å². The van der Waals surface area contributed by atoms with E-state index in [1.54, 1.807) is 0 Å². The van der Waals surface area contributed by atoms with Gasteiger partial charge in [0.1, 0.15) is 0 Å². The van der Waals surface area contributed by atoms with Crippen LogP contribution in [0.15, 0.2) is 0 Å². The number of hydrogen-bond acceptors (Lipinski definition) is 3. The molecule has 0 aromatic rings. The zero-order valence-electron chi connectivity index (χ0n) is 11.4. The van der Waals surface area contributed by atoms with Crippen molar-refractivity contribution in [2.75, 3.05) is 19.7 Å². The van der Waals surface area contributed by atoms with Crippen LogP contribution >= 0.6 is 0 Å². The quantitative estimate of drug-likeness (QED) is 0.783. The lowest BCUT2D eigenvalue weighted by atomic mass is 9.89. The fraction of sp³-hybridized carbons (Fsp3) is 1.00. The molecule has 0 aromatic carbocycles. The Morgan fingerprint density at radius 2 is 1.88 bits per heavy atom. The third-order valence-electron chi connectivity index (χ3n) is 4.77. The fourth-order valence-corrected chi connectivity index (χ4v) is 3.68. The van der Waals surface area contributed by atoms with Gasteiger partial charge in [0.15, 0.2) is 0 Å². The highest BCUT2D eigenvalue weighted by Gasteiger charge is 2.36.